The molecule has 2 aromatic rings. The van der Waals surface area contributed by atoms with Gasteiger partial charge in [0.05, 0.1) is 12.5 Å². The van der Waals surface area contributed by atoms with Gasteiger partial charge in [-0.15, -0.1) is 0 Å². The van der Waals surface area contributed by atoms with Gasteiger partial charge in [-0.1, -0.05) is 35.4 Å². The summed E-state index contributed by atoms with van der Waals surface area (Å²) in [6.07, 6.45) is -1.17. The van der Waals surface area contributed by atoms with Gasteiger partial charge in [0.25, 0.3) is 0 Å². The van der Waals surface area contributed by atoms with Gasteiger partial charge in [0, 0.05) is 26.1 Å². The molecule has 1 aliphatic rings. The summed E-state index contributed by atoms with van der Waals surface area (Å²) in [6, 6.07) is 8.13. The van der Waals surface area contributed by atoms with Crippen molar-refractivity contribution in [3.63, 3.8) is 0 Å². The molecule has 4 unspecified atom stereocenters. The van der Waals surface area contributed by atoms with Gasteiger partial charge in [-0.3, -0.25) is 14.4 Å². The molecule has 1 fully saturated rings. The van der Waals surface area contributed by atoms with Crippen molar-refractivity contribution in [3.05, 3.63) is 68.8 Å². The normalized spacial score (nSPS) is 20.7. The number of ether oxygens (including phenoxy) is 3. The number of hydrogen-bond acceptors (Lipinski definition) is 6. The third-order valence-electron chi connectivity index (χ3n) is 7.90. The smallest absolute Gasteiger partial charge is 0.308 e. The van der Waals surface area contributed by atoms with E-state index in [9.17, 15) is 14.4 Å². The van der Waals surface area contributed by atoms with Gasteiger partial charge in [-0.05, 0) is 94.7 Å². The third kappa shape index (κ3) is 5.92. The molecule has 0 saturated heterocycles. The summed E-state index contributed by atoms with van der Waals surface area (Å²) < 4.78 is 16.9. The Hall–Kier alpha value is -2.83. The first kappa shape index (κ1) is 29.7. The van der Waals surface area contributed by atoms with E-state index in [2.05, 4.69) is 0 Å². The van der Waals surface area contributed by atoms with E-state index in [0.29, 0.717) is 0 Å². The molecule has 3 rings (SSSR count). The van der Waals surface area contributed by atoms with Crippen LogP contribution in [0.5, 0.6) is 0 Å². The van der Waals surface area contributed by atoms with Crippen LogP contribution >= 0.6 is 0 Å². The molecule has 0 aromatic heterocycles. The average molecular weight is 523 g/mol. The van der Waals surface area contributed by atoms with Crippen LogP contribution in [0.3, 0.4) is 0 Å². The van der Waals surface area contributed by atoms with Crippen molar-refractivity contribution < 1.29 is 28.6 Å². The highest BCUT2D eigenvalue weighted by molar-refractivity contribution is 5.96. The van der Waals surface area contributed by atoms with Gasteiger partial charge in [0.1, 0.15) is 12.2 Å². The van der Waals surface area contributed by atoms with Crippen molar-refractivity contribution >= 4 is 17.5 Å². The number of aryl methyl sites for hydroxylation is 6. The van der Waals surface area contributed by atoms with E-state index in [-0.39, 0.29) is 37.0 Å². The van der Waals surface area contributed by atoms with E-state index in [1.807, 2.05) is 65.8 Å². The third-order valence-corrected chi connectivity index (χ3v) is 7.90. The Bertz CT molecular complexity index is 1080. The van der Waals surface area contributed by atoms with Crippen molar-refractivity contribution in [3.8, 4) is 0 Å². The van der Waals surface area contributed by atoms with Gasteiger partial charge in [0.15, 0.2) is 11.6 Å². The number of carbonyl (C=O) groups excluding carboxylic acids is 3. The van der Waals surface area contributed by atoms with Crippen molar-refractivity contribution in [1.29, 1.82) is 0 Å². The molecule has 0 N–H and O–H groups in total. The number of benzene rings is 2. The molecule has 206 valence electrons. The highest BCUT2D eigenvalue weighted by Crippen LogP contribution is 2.44. The summed E-state index contributed by atoms with van der Waals surface area (Å²) in [7, 11) is 3.04. The van der Waals surface area contributed by atoms with Crippen LogP contribution in [0.2, 0.25) is 0 Å². The first-order chi connectivity index (χ1) is 17.9. The molecule has 0 radical (unpaired) electrons. The SMILES string of the molecule is CCOC(=O)C1CC(C(=O)C(OC)c2c(C)cc(C)cc2C)C(C(=O)C(OC)c2c(C)cc(C)cc2C)C1. The standard InChI is InChI=1S/C32H42O6/c1-10-38-32(35)23-15-24(28(33)30(36-8)26-19(4)11-17(2)12-20(26)5)25(16-23)29(34)31(37-9)27-21(6)13-18(3)14-22(27)7/h11-14,23-25,30-31H,10,15-16H2,1-9H3. The minimum atomic E-state index is -0.833. The second-order valence-corrected chi connectivity index (χ2v) is 10.8. The molecule has 4 atom stereocenters. The maximum atomic E-state index is 14.2. The van der Waals surface area contributed by atoms with Gasteiger partial charge < -0.3 is 14.2 Å². The second-order valence-electron chi connectivity index (χ2n) is 10.8. The average Bonchev–Trinajstić information content (AvgIpc) is 3.28. The molecule has 0 amide bonds. The lowest BCUT2D eigenvalue weighted by Gasteiger charge is -2.28. The fraction of sp³-hybridized carbons (Fsp3) is 0.531. The first-order valence-electron chi connectivity index (χ1n) is 13.4. The van der Waals surface area contributed by atoms with Crippen LogP contribution in [0.4, 0.5) is 0 Å². The van der Waals surface area contributed by atoms with E-state index in [1.165, 1.54) is 14.2 Å². The minimum absolute atomic E-state index is 0.181. The highest BCUT2D eigenvalue weighted by atomic mass is 16.5. The number of hydrogen-bond donors (Lipinski definition) is 0. The molecule has 6 heteroatoms. The van der Waals surface area contributed by atoms with Crippen molar-refractivity contribution in [2.24, 2.45) is 17.8 Å². The zero-order valence-electron chi connectivity index (χ0n) is 24.3. The fourth-order valence-corrected chi connectivity index (χ4v) is 6.47. The van der Waals surface area contributed by atoms with Crippen LogP contribution in [-0.4, -0.2) is 38.4 Å². The molecule has 1 saturated carbocycles. The van der Waals surface area contributed by atoms with Crippen LogP contribution in [0.15, 0.2) is 24.3 Å². The van der Waals surface area contributed by atoms with Gasteiger partial charge >= 0.3 is 5.97 Å². The lowest BCUT2D eigenvalue weighted by molar-refractivity contribution is -0.148. The molecular formula is C32H42O6. The predicted molar refractivity (Wildman–Crippen MR) is 147 cm³/mol. The second kappa shape index (κ2) is 12.4. The summed E-state index contributed by atoms with van der Waals surface area (Å²) in [5.74, 6) is -2.64. The summed E-state index contributed by atoms with van der Waals surface area (Å²) in [5.41, 5.74) is 7.71. The number of ketones is 2. The number of methoxy groups -OCH3 is 2. The zero-order chi connectivity index (χ0) is 28.3. The lowest BCUT2D eigenvalue weighted by atomic mass is 9.80. The molecule has 2 aromatic carbocycles. The first-order valence-corrected chi connectivity index (χ1v) is 13.4. The Labute approximate surface area is 227 Å². The number of esters is 1. The molecule has 1 aliphatic carbocycles. The molecule has 6 nitrogen and oxygen atoms in total. The lowest BCUT2D eigenvalue weighted by Crippen LogP contribution is -2.34. The Morgan fingerprint density at radius 3 is 1.34 bits per heavy atom. The van der Waals surface area contributed by atoms with Crippen molar-refractivity contribution in [1.82, 2.24) is 0 Å². The predicted octanol–water partition coefficient (Wildman–Crippen LogP) is 5.96. The maximum Gasteiger partial charge on any atom is 0.308 e. The van der Waals surface area contributed by atoms with E-state index in [4.69, 9.17) is 14.2 Å². The number of rotatable bonds is 10. The Morgan fingerprint density at radius 2 is 1.05 bits per heavy atom. The fourth-order valence-electron chi connectivity index (χ4n) is 6.47. The van der Waals surface area contributed by atoms with E-state index in [0.717, 1.165) is 44.5 Å². The van der Waals surface area contributed by atoms with E-state index in [1.54, 1.807) is 6.92 Å². The molecule has 0 bridgehead atoms. The van der Waals surface area contributed by atoms with Gasteiger partial charge in [-0.25, -0.2) is 0 Å². The minimum Gasteiger partial charge on any atom is -0.466 e. The van der Waals surface area contributed by atoms with Crippen LogP contribution in [0, 0.1) is 59.3 Å². The van der Waals surface area contributed by atoms with Crippen LogP contribution in [0.1, 0.15) is 76.5 Å². The van der Waals surface area contributed by atoms with Gasteiger partial charge in [0.2, 0.25) is 0 Å². The van der Waals surface area contributed by atoms with Crippen LogP contribution in [-0.2, 0) is 28.6 Å². The Balaban J connectivity index is 2.05. The van der Waals surface area contributed by atoms with Gasteiger partial charge in [-0.2, -0.15) is 0 Å². The maximum absolute atomic E-state index is 14.2. The highest BCUT2D eigenvalue weighted by Gasteiger charge is 2.49. The summed E-state index contributed by atoms with van der Waals surface area (Å²) in [4.78, 5) is 41.1. The number of carbonyl (C=O) groups is 3. The Kier molecular flexibility index (Phi) is 9.66. The summed E-state index contributed by atoms with van der Waals surface area (Å²) >= 11 is 0. The topological polar surface area (TPSA) is 78.9 Å². The summed E-state index contributed by atoms with van der Waals surface area (Å²) in [5, 5.41) is 0. The van der Waals surface area contributed by atoms with Crippen molar-refractivity contribution in [2.45, 2.75) is 73.5 Å². The monoisotopic (exact) mass is 522 g/mol. The van der Waals surface area contributed by atoms with E-state index < -0.39 is 30.0 Å². The molecular weight excluding hydrogens is 480 g/mol. The van der Waals surface area contributed by atoms with Crippen molar-refractivity contribution in [2.75, 3.05) is 20.8 Å². The quantitative estimate of drug-likeness (QED) is 0.359. The zero-order valence-corrected chi connectivity index (χ0v) is 24.3. The largest absolute Gasteiger partial charge is 0.466 e. The molecule has 38 heavy (non-hydrogen) atoms. The Morgan fingerprint density at radius 1 is 0.711 bits per heavy atom. The van der Waals surface area contributed by atoms with Crippen LogP contribution in [0.25, 0.3) is 0 Å². The number of Topliss-reactive ketones (excluding diaryl/α,β-unsaturated/α-hetero) is 2. The summed E-state index contributed by atoms with van der Waals surface area (Å²) in [6.45, 7) is 13.9. The molecule has 0 heterocycles. The van der Waals surface area contributed by atoms with E-state index >= 15 is 0 Å². The van der Waals surface area contributed by atoms with Crippen LogP contribution < -0.4 is 0 Å². The molecule has 0 spiro atoms. The molecule has 0 aliphatic heterocycles.